The van der Waals surface area contributed by atoms with Crippen molar-refractivity contribution in [2.45, 2.75) is 5.56 Å². The Balaban J connectivity index is -0.000000274. The maximum atomic E-state index is 9.24. The van der Waals surface area contributed by atoms with Gasteiger partial charge in [-0.25, -0.2) is 0 Å². The SMILES string of the molecule is O=[P+]([O-])O[P+](=O)[O-].O=[P+]([O-])O[P+](=O)[O-].OC(Cl)c1ccccc1.[W]. The van der Waals surface area contributed by atoms with Gasteiger partial charge in [0, 0.05) is 21.1 Å². The van der Waals surface area contributed by atoms with Gasteiger partial charge in [-0.1, -0.05) is 41.9 Å². The van der Waals surface area contributed by atoms with Crippen molar-refractivity contribution in [2.75, 3.05) is 0 Å². The molecule has 0 bridgehead atoms. The number of rotatable bonds is 5. The van der Waals surface area contributed by atoms with Crippen molar-refractivity contribution in [2.24, 2.45) is 0 Å². The first kappa shape index (κ1) is 29.1. The number of aliphatic hydroxyl groups is 1. The molecule has 0 saturated carbocycles. The van der Waals surface area contributed by atoms with Crippen molar-refractivity contribution in [1.29, 1.82) is 0 Å². The normalized spacial score (nSPS) is 12.8. The number of alkyl halides is 1. The molecule has 24 heavy (non-hydrogen) atoms. The fourth-order valence-electron chi connectivity index (χ4n) is 0.721. The van der Waals surface area contributed by atoms with Gasteiger partial charge in [-0.05, 0) is 23.8 Å². The number of aliphatic hydroxyl groups excluding tert-OH is 1. The van der Waals surface area contributed by atoms with Crippen LogP contribution in [0.25, 0.3) is 0 Å². The van der Waals surface area contributed by atoms with Gasteiger partial charge in [0.25, 0.3) is 0 Å². The van der Waals surface area contributed by atoms with Crippen LogP contribution in [0.5, 0.6) is 0 Å². The van der Waals surface area contributed by atoms with Crippen LogP contribution in [0.15, 0.2) is 30.3 Å². The Kier molecular flexibility index (Phi) is 22.0. The number of hydrogen-bond donors (Lipinski definition) is 1. The third-order valence-corrected chi connectivity index (χ3v) is 3.73. The van der Waals surface area contributed by atoms with E-state index in [1.807, 2.05) is 18.2 Å². The molecule has 0 aromatic heterocycles. The molecule has 17 heteroatoms. The second-order valence-corrected chi connectivity index (χ2v) is 6.31. The topological polar surface area (TPSA) is 199 Å². The van der Waals surface area contributed by atoms with E-state index < -0.39 is 38.6 Å². The van der Waals surface area contributed by atoms with Gasteiger partial charge in [0.1, 0.15) is 8.62 Å². The molecule has 0 amide bonds. The minimum absolute atomic E-state index is 0. The molecule has 5 atom stereocenters. The van der Waals surface area contributed by atoms with Crippen LogP contribution >= 0.6 is 44.6 Å². The summed E-state index contributed by atoms with van der Waals surface area (Å²) >= 11 is 5.36. The Morgan fingerprint density at radius 3 is 1.25 bits per heavy atom. The molecule has 0 aliphatic rings. The summed E-state index contributed by atoms with van der Waals surface area (Å²) in [6.45, 7) is 0. The van der Waals surface area contributed by atoms with Crippen LogP contribution in [0.1, 0.15) is 11.1 Å². The molecule has 0 aliphatic carbocycles. The fourth-order valence-corrected chi connectivity index (χ4v) is 1.74. The molecule has 0 radical (unpaired) electrons. The Labute approximate surface area is 158 Å². The third kappa shape index (κ3) is 24.6. The van der Waals surface area contributed by atoms with Gasteiger partial charge >= 0.3 is 33.0 Å². The molecule has 1 aromatic rings. The quantitative estimate of drug-likeness (QED) is 0.347. The fraction of sp³-hybridized carbons (Fsp3) is 0.143. The average Bonchev–Trinajstić information content (AvgIpc) is 2.37. The van der Waals surface area contributed by atoms with Crippen molar-refractivity contribution in [3.05, 3.63) is 35.9 Å². The summed E-state index contributed by atoms with van der Waals surface area (Å²) in [4.78, 5) is 37.0. The zero-order valence-electron chi connectivity index (χ0n) is 11.1. The van der Waals surface area contributed by atoms with Crippen LogP contribution in [0, 0.1) is 0 Å². The summed E-state index contributed by atoms with van der Waals surface area (Å²) in [5.74, 6) is 0. The maximum absolute atomic E-state index is 9.24. The van der Waals surface area contributed by atoms with Crippen molar-refractivity contribution in [3.8, 4) is 0 Å². The Morgan fingerprint density at radius 2 is 1.12 bits per heavy atom. The summed E-state index contributed by atoms with van der Waals surface area (Å²) in [6, 6.07) is 9.10. The summed E-state index contributed by atoms with van der Waals surface area (Å²) in [5.41, 5.74) is -0.134. The molecule has 0 fully saturated rings. The molecule has 5 unspecified atom stereocenters. The van der Waals surface area contributed by atoms with Crippen LogP contribution in [-0.2, 0) is 47.9 Å². The Hall–Kier alpha value is 0.318. The first-order valence-corrected chi connectivity index (χ1v) is 9.68. The molecular formula is C7H7ClO11P4W. The van der Waals surface area contributed by atoms with Crippen LogP contribution < -0.4 is 19.6 Å². The van der Waals surface area contributed by atoms with E-state index in [1.54, 1.807) is 12.1 Å². The Bertz CT molecular complexity index is 480. The minimum atomic E-state index is -3.24. The van der Waals surface area contributed by atoms with E-state index in [1.165, 1.54) is 0 Å². The predicted molar refractivity (Wildman–Crippen MR) is 69.9 cm³/mol. The van der Waals surface area contributed by atoms with Gasteiger partial charge in [-0.3, -0.25) is 0 Å². The van der Waals surface area contributed by atoms with Crippen molar-refractivity contribution >= 4 is 44.6 Å². The smallest absolute Gasteiger partial charge is 0.543 e. The number of halogens is 1. The van der Waals surface area contributed by atoms with E-state index in [4.69, 9.17) is 16.7 Å². The van der Waals surface area contributed by atoms with Gasteiger partial charge in [-0.2, -0.15) is 0 Å². The van der Waals surface area contributed by atoms with Gasteiger partial charge < -0.3 is 24.7 Å². The van der Waals surface area contributed by atoms with Crippen LogP contribution in [0.3, 0.4) is 0 Å². The van der Waals surface area contributed by atoms with E-state index in [9.17, 15) is 37.8 Å². The molecule has 1 N–H and O–H groups in total. The second-order valence-electron chi connectivity index (χ2n) is 2.80. The molecule has 134 valence electrons. The van der Waals surface area contributed by atoms with Gasteiger partial charge in [0.05, 0.1) is 0 Å². The van der Waals surface area contributed by atoms with Crippen LogP contribution in [0.4, 0.5) is 0 Å². The van der Waals surface area contributed by atoms with Crippen LogP contribution in [-0.4, -0.2) is 5.11 Å². The number of hydrogen-bond acceptors (Lipinski definition) is 11. The van der Waals surface area contributed by atoms with E-state index in [-0.39, 0.29) is 21.1 Å². The summed E-state index contributed by atoms with van der Waals surface area (Å²) < 4.78 is 43.3. The van der Waals surface area contributed by atoms with E-state index in [2.05, 4.69) is 8.62 Å². The Morgan fingerprint density at radius 1 is 0.833 bits per heavy atom. The molecule has 0 spiro atoms. The molecule has 0 heterocycles. The zero-order chi connectivity index (χ0) is 18.4. The van der Waals surface area contributed by atoms with E-state index in [0.717, 1.165) is 5.56 Å². The molecule has 0 aliphatic heterocycles. The monoisotopic (exact) mass is 610 g/mol. The summed E-state index contributed by atoms with van der Waals surface area (Å²) in [7, 11) is -12.9. The predicted octanol–water partition coefficient (Wildman–Crippen LogP) is -0.00940. The molecule has 1 rings (SSSR count). The third-order valence-electron chi connectivity index (χ3n) is 1.34. The molecule has 11 nitrogen and oxygen atoms in total. The molecular weight excluding hydrogens is 603 g/mol. The van der Waals surface area contributed by atoms with Gasteiger partial charge in [-0.15, -0.1) is 0 Å². The minimum Gasteiger partial charge on any atom is -0.563 e. The average molecular weight is 610 g/mol. The van der Waals surface area contributed by atoms with E-state index in [0.29, 0.717) is 0 Å². The van der Waals surface area contributed by atoms with Crippen molar-refractivity contribution in [1.82, 2.24) is 0 Å². The molecule has 0 saturated heterocycles. The van der Waals surface area contributed by atoms with Gasteiger partial charge in [0.15, 0.2) is 5.56 Å². The summed E-state index contributed by atoms with van der Waals surface area (Å²) in [5, 5.41) is 8.79. The van der Waals surface area contributed by atoms with Gasteiger partial charge in [0.2, 0.25) is 0 Å². The molecule has 1 aromatic carbocycles. The summed E-state index contributed by atoms with van der Waals surface area (Å²) in [6.07, 6.45) is 0. The first-order chi connectivity index (χ1) is 10.6. The largest absolute Gasteiger partial charge is 0.563 e. The zero-order valence-corrected chi connectivity index (χ0v) is 18.3. The van der Waals surface area contributed by atoms with Crippen LogP contribution in [0.2, 0.25) is 0 Å². The van der Waals surface area contributed by atoms with E-state index >= 15 is 0 Å². The first-order valence-electron chi connectivity index (χ1n) is 4.87. The second kappa shape index (κ2) is 18.1. The maximum Gasteiger partial charge on any atom is 0.543 e. The van der Waals surface area contributed by atoms with Crippen molar-refractivity contribution < 1.29 is 72.6 Å². The standard InChI is InChI=1S/C7H7ClO.2O5P2.W/c8-7(9)6-4-2-1-3-5-6;2*1-6(2)5-7(3)4;/h1-5,7,9H;;;. The number of benzene rings is 1. The van der Waals surface area contributed by atoms with Crippen molar-refractivity contribution in [3.63, 3.8) is 0 Å².